The number of fused-ring (bicyclic) bond motifs is 3. The molecular formula is C44H54FN7O6Si. The second-order valence-corrected chi connectivity index (χ2v) is 22.5. The maximum atomic E-state index is 14.8. The molecule has 0 spiro atoms. The van der Waals surface area contributed by atoms with E-state index >= 15 is 0 Å². The number of aromatic amines is 2. The number of hydrogen-bond donors (Lipinski definition) is 3. The third kappa shape index (κ3) is 8.47. The maximum Gasteiger partial charge on any atom is 0.407 e. The Bertz CT molecular complexity index is 2380. The smallest absolute Gasteiger partial charge is 0.407 e. The van der Waals surface area contributed by atoms with Crippen LogP contribution < -0.4 is 5.32 Å². The number of alkyl halides is 1. The van der Waals surface area contributed by atoms with Crippen LogP contribution in [0.3, 0.4) is 0 Å². The van der Waals surface area contributed by atoms with E-state index in [2.05, 4.69) is 57.6 Å². The SMILES string of the molecule is COC(=O)C[C@H](C(=O)N1C[Si](C)(C)C[C@H]1c1nc2c(ccc3cc(-c4ccc(-c5cnc([C@@H]6CC(F)CN6C(=O)[C@@H](NC(=O)OC)C(C)C)[nH]5)cc4)ccc32)[nH]1)C(C)C. The van der Waals surface area contributed by atoms with E-state index in [1.54, 1.807) is 6.20 Å². The highest BCUT2D eigenvalue weighted by molar-refractivity contribution is 6.78. The largest absolute Gasteiger partial charge is 0.469 e. The topological polar surface area (TPSA) is 163 Å². The number of esters is 1. The molecule has 1 unspecified atom stereocenters. The molecule has 15 heteroatoms. The van der Waals surface area contributed by atoms with Crippen LogP contribution in [0.1, 0.15) is 64.3 Å². The zero-order chi connectivity index (χ0) is 42.3. The number of benzene rings is 3. The minimum Gasteiger partial charge on any atom is -0.469 e. The van der Waals surface area contributed by atoms with Crippen LogP contribution in [0.4, 0.5) is 9.18 Å². The van der Waals surface area contributed by atoms with Crippen LogP contribution in [-0.2, 0) is 23.9 Å². The molecule has 59 heavy (non-hydrogen) atoms. The lowest BCUT2D eigenvalue weighted by molar-refractivity contribution is -0.148. The summed E-state index contributed by atoms with van der Waals surface area (Å²) in [4.78, 5) is 71.8. The van der Waals surface area contributed by atoms with Crippen molar-refractivity contribution in [3.63, 3.8) is 0 Å². The monoisotopic (exact) mass is 823 g/mol. The van der Waals surface area contributed by atoms with Crippen LogP contribution >= 0.6 is 0 Å². The van der Waals surface area contributed by atoms with Gasteiger partial charge in [-0.1, -0.05) is 83.3 Å². The van der Waals surface area contributed by atoms with Crippen LogP contribution in [0.2, 0.25) is 19.1 Å². The van der Waals surface area contributed by atoms with E-state index < -0.39 is 38.3 Å². The molecule has 2 aliphatic heterocycles. The van der Waals surface area contributed by atoms with Gasteiger partial charge in [0, 0.05) is 18.0 Å². The number of carbonyl (C=O) groups is 4. The Morgan fingerprint density at radius 1 is 0.864 bits per heavy atom. The van der Waals surface area contributed by atoms with E-state index in [0.717, 1.165) is 56.1 Å². The van der Waals surface area contributed by atoms with Gasteiger partial charge in [0.1, 0.15) is 23.9 Å². The van der Waals surface area contributed by atoms with Crippen LogP contribution in [0.15, 0.2) is 60.8 Å². The van der Waals surface area contributed by atoms with Gasteiger partial charge in [-0.2, -0.15) is 0 Å². The number of likely N-dealkylation sites (tertiary alicyclic amines) is 1. The number of imidazole rings is 2. The summed E-state index contributed by atoms with van der Waals surface area (Å²) in [6.07, 6.45) is 0.619. The number of rotatable bonds is 11. The highest BCUT2D eigenvalue weighted by atomic mass is 28.3. The quantitative estimate of drug-likeness (QED) is 0.0901. The molecule has 0 radical (unpaired) electrons. The van der Waals surface area contributed by atoms with Gasteiger partial charge < -0.3 is 34.6 Å². The van der Waals surface area contributed by atoms with Gasteiger partial charge >= 0.3 is 12.1 Å². The van der Waals surface area contributed by atoms with Gasteiger partial charge in [-0.3, -0.25) is 14.4 Å². The Morgan fingerprint density at radius 3 is 2.25 bits per heavy atom. The molecule has 5 atom stereocenters. The predicted octanol–water partition coefficient (Wildman–Crippen LogP) is 7.73. The second-order valence-electron chi connectivity index (χ2n) is 17.5. The first-order valence-corrected chi connectivity index (χ1v) is 23.7. The van der Waals surface area contributed by atoms with Crippen molar-refractivity contribution in [3.8, 4) is 22.4 Å². The van der Waals surface area contributed by atoms with E-state index in [9.17, 15) is 23.6 Å². The summed E-state index contributed by atoms with van der Waals surface area (Å²) in [5.74, 6) is -0.240. The predicted molar refractivity (Wildman–Crippen MR) is 226 cm³/mol. The molecule has 13 nitrogen and oxygen atoms in total. The number of ether oxygens (including phenoxy) is 2. The highest BCUT2D eigenvalue weighted by Gasteiger charge is 2.46. The zero-order valence-corrected chi connectivity index (χ0v) is 36.0. The minimum atomic E-state index is -1.76. The average Bonchev–Trinajstić information content (AvgIpc) is 4.02. The van der Waals surface area contributed by atoms with Crippen LogP contribution in [0.25, 0.3) is 44.2 Å². The lowest BCUT2D eigenvalue weighted by Crippen LogP contribution is -2.51. The second kappa shape index (κ2) is 16.6. The van der Waals surface area contributed by atoms with Crippen LogP contribution in [-0.4, -0.2) is 101 Å². The van der Waals surface area contributed by atoms with Gasteiger partial charge in [-0.15, -0.1) is 0 Å². The Morgan fingerprint density at radius 2 is 1.58 bits per heavy atom. The molecule has 0 aliphatic carbocycles. The van der Waals surface area contributed by atoms with E-state index in [0.29, 0.717) is 12.0 Å². The van der Waals surface area contributed by atoms with Crippen molar-refractivity contribution in [1.29, 1.82) is 0 Å². The number of carbonyl (C=O) groups excluding carboxylic acids is 4. The molecule has 5 aromatic rings. The molecule has 4 heterocycles. The number of alkyl carbamates (subject to hydrolysis) is 1. The standard InChI is InChI=1S/C44H54FN7O6Si/c1-24(2)32(19-37(53)57-5)42(54)52-23-59(7,8)22-36(52)41-47-33-16-14-29-17-28(13-15-31(29)39(33)49-41)26-9-11-27(12-10-26)34-20-46-40(48-34)35-18-30(45)21-51(35)43(55)38(25(3)4)50-44(56)58-6/h9-17,20,24-25,30,32,35-36,38H,18-19,21-23H2,1-8H3,(H,46,48)(H,47,49)(H,50,56)/t30?,32-,35-,36-,38-/m0/s1. The molecule has 7 rings (SSSR count). The summed E-state index contributed by atoms with van der Waals surface area (Å²) in [5, 5.41) is 4.63. The summed E-state index contributed by atoms with van der Waals surface area (Å²) >= 11 is 0. The number of H-pyrrole nitrogens is 2. The third-order valence-electron chi connectivity index (χ3n) is 11.9. The van der Waals surface area contributed by atoms with Crippen molar-refractivity contribution in [2.75, 3.05) is 26.9 Å². The van der Waals surface area contributed by atoms with Crippen LogP contribution in [0.5, 0.6) is 0 Å². The lowest BCUT2D eigenvalue weighted by Gasteiger charge is -2.29. The van der Waals surface area contributed by atoms with Gasteiger partial charge in [-0.05, 0) is 52.1 Å². The van der Waals surface area contributed by atoms with Crippen LogP contribution in [0, 0.1) is 17.8 Å². The summed E-state index contributed by atoms with van der Waals surface area (Å²) in [6.45, 7) is 12.1. The first kappa shape index (κ1) is 41.6. The van der Waals surface area contributed by atoms with Crippen molar-refractivity contribution < 1.29 is 33.0 Å². The first-order valence-electron chi connectivity index (χ1n) is 20.3. The third-order valence-corrected chi connectivity index (χ3v) is 14.6. The number of aromatic nitrogens is 4. The van der Waals surface area contributed by atoms with Crippen molar-refractivity contribution >= 4 is 53.8 Å². The fraction of sp³-hybridized carbons (Fsp3) is 0.455. The Hall–Kier alpha value is -5.57. The number of nitrogens with zero attached hydrogens (tertiary/aromatic N) is 4. The zero-order valence-electron chi connectivity index (χ0n) is 35.0. The van der Waals surface area contributed by atoms with E-state index in [1.165, 1.54) is 19.1 Å². The number of methoxy groups -OCH3 is 2. The Kier molecular flexibility index (Phi) is 11.7. The fourth-order valence-corrected chi connectivity index (χ4v) is 11.5. The number of nitrogens with one attached hydrogen (secondary N) is 3. The fourth-order valence-electron chi connectivity index (χ4n) is 8.65. The van der Waals surface area contributed by atoms with Crippen molar-refractivity contribution in [3.05, 3.63) is 72.4 Å². The van der Waals surface area contributed by atoms with Gasteiger partial charge in [0.25, 0.3) is 0 Å². The average molecular weight is 824 g/mol. The molecule has 3 amide bonds. The summed E-state index contributed by atoms with van der Waals surface area (Å²) < 4.78 is 24.5. The first-order chi connectivity index (χ1) is 28.1. The van der Waals surface area contributed by atoms with Gasteiger partial charge in [0.2, 0.25) is 11.8 Å². The number of hydrogen-bond acceptors (Lipinski definition) is 8. The number of halogens is 1. The molecule has 2 aliphatic rings. The Labute approximate surface area is 344 Å². The number of amides is 3. The van der Waals surface area contributed by atoms with E-state index in [4.69, 9.17) is 14.5 Å². The molecule has 2 aromatic heterocycles. The normalized spacial score (nSPS) is 20.1. The molecule has 3 N–H and O–H groups in total. The summed E-state index contributed by atoms with van der Waals surface area (Å²) in [6, 6.07) is 17.7. The maximum absolute atomic E-state index is 14.8. The molecule has 312 valence electrons. The minimum absolute atomic E-state index is 0.0165. The molecular weight excluding hydrogens is 770 g/mol. The van der Waals surface area contributed by atoms with Crippen molar-refractivity contribution in [1.82, 2.24) is 35.1 Å². The molecule has 0 bridgehead atoms. The molecule has 2 saturated heterocycles. The molecule has 2 fully saturated rings. The van der Waals surface area contributed by atoms with Crippen molar-refractivity contribution in [2.45, 2.75) is 84.0 Å². The molecule has 3 aromatic carbocycles. The van der Waals surface area contributed by atoms with Gasteiger partial charge in [0.15, 0.2) is 0 Å². The molecule has 0 saturated carbocycles. The van der Waals surface area contributed by atoms with Gasteiger partial charge in [0.05, 0.1) is 76.2 Å². The Balaban J connectivity index is 1.10. The van der Waals surface area contributed by atoms with E-state index in [1.807, 2.05) is 62.9 Å². The highest BCUT2D eigenvalue weighted by Crippen LogP contribution is 2.41. The van der Waals surface area contributed by atoms with E-state index in [-0.39, 0.29) is 55.0 Å². The van der Waals surface area contributed by atoms with Gasteiger partial charge in [-0.25, -0.2) is 19.2 Å². The summed E-state index contributed by atoms with van der Waals surface area (Å²) in [7, 11) is 0.830. The lowest BCUT2D eigenvalue weighted by atomic mass is 9.91. The summed E-state index contributed by atoms with van der Waals surface area (Å²) in [5.41, 5.74) is 5.43. The van der Waals surface area contributed by atoms with Crippen molar-refractivity contribution in [2.24, 2.45) is 17.8 Å².